The average molecular weight is 233 g/mol. The van der Waals surface area contributed by atoms with Crippen molar-refractivity contribution in [1.29, 1.82) is 0 Å². The number of hydrogen-bond acceptors (Lipinski definition) is 4. The van der Waals surface area contributed by atoms with Gasteiger partial charge in [0, 0.05) is 11.9 Å². The molecule has 84 valence electrons. The lowest BCUT2D eigenvalue weighted by molar-refractivity contribution is 0.639. The monoisotopic (exact) mass is 233 g/mol. The summed E-state index contributed by atoms with van der Waals surface area (Å²) >= 11 is 1.40. The molecule has 0 aliphatic heterocycles. The number of nitrogens with zero attached hydrogens (tertiary/aromatic N) is 2. The fourth-order valence-corrected chi connectivity index (χ4v) is 1.99. The minimum Gasteiger partial charge on any atom is -0.311 e. The number of hydrogen-bond donors (Lipinski definition) is 1. The molecular weight excluding hydrogens is 218 g/mol. The Labute approximate surface area is 99.7 Å². The van der Waals surface area contributed by atoms with E-state index < -0.39 is 0 Å². The van der Waals surface area contributed by atoms with Crippen molar-refractivity contribution >= 4 is 11.5 Å². The summed E-state index contributed by atoms with van der Waals surface area (Å²) in [4.78, 5) is 0. The first kappa shape index (κ1) is 11.2. The molecule has 16 heavy (non-hydrogen) atoms. The zero-order valence-electron chi connectivity index (χ0n) is 9.10. The molecule has 3 nitrogen and oxygen atoms in total. The van der Waals surface area contributed by atoms with E-state index in [1.54, 1.807) is 0 Å². The van der Waals surface area contributed by atoms with Crippen molar-refractivity contribution in [3.63, 3.8) is 0 Å². The van der Waals surface area contributed by atoms with Crippen molar-refractivity contribution in [2.75, 3.05) is 6.54 Å². The van der Waals surface area contributed by atoms with Crippen LogP contribution in [0, 0.1) is 0 Å². The SMILES string of the molecule is c1ccc(CCCNCc2csnn2)cc1. The molecule has 4 heteroatoms. The fraction of sp³-hybridized carbons (Fsp3) is 0.333. The molecule has 0 amide bonds. The van der Waals surface area contributed by atoms with Crippen LogP contribution < -0.4 is 5.32 Å². The second-order valence-electron chi connectivity index (χ2n) is 3.66. The molecule has 0 saturated carbocycles. The summed E-state index contributed by atoms with van der Waals surface area (Å²) in [5.74, 6) is 0. The van der Waals surface area contributed by atoms with Gasteiger partial charge in [0.25, 0.3) is 0 Å². The van der Waals surface area contributed by atoms with Crippen LogP contribution in [0.15, 0.2) is 35.7 Å². The highest BCUT2D eigenvalue weighted by molar-refractivity contribution is 7.03. The van der Waals surface area contributed by atoms with Gasteiger partial charge < -0.3 is 5.32 Å². The molecule has 1 heterocycles. The van der Waals surface area contributed by atoms with E-state index in [4.69, 9.17) is 0 Å². The van der Waals surface area contributed by atoms with E-state index in [2.05, 4.69) is 45.2 Å². The van der Waals surface area contributed by atoms with Gasteiger partial charge in [-0.25, -0.2) is 0 Å². The Bertz CT molecular complexity index is 386. The lowest BCUT2D eigenvalue weighted by Gasteiger charge is -2.02. The van der Waals surface area contributed by atoms with Crippen molar-refractivity contribution in [3.05, 3.63) is 47.0 Å². The third-order valence-corrected chi connectivity index (χ3v) is 2.93. The maximum atomic E-state index is 3.98. The van der Waals surface area contributed by atoms with Crippen LogP contribution in [0.4, 0.5) is 0 Å². The van der Waals surface area contributed by atoms with Gasteiger partial charge in [0.15, 0.2) is 0 Å². The van der Waals surface area contributed by atoms with E-state index in [1.807, 2.05) is 5.38 Å². The molecule has 0 fully saturated rings. The molecule has 0 unspecified atom stereocenters. The zero-order valence-corrected chi connectivity index (χ0v) is 9.91. The Morgan fingerprint density at radius 1 is 1.19 bits per heavy atom. The van der Waals surface area contributed by atoms with Crippen LogP contribution in [0.3, 0.4) is 0 Å². The van der Waals surface area contributed by atoms with Gasteiger partial charge in [0.05, 0.1) is 5.69 Å². The summed E-state index contributed by atoms with van der Waals surface area (Å²) in [5.41, 5.74) is 2.43. The normalized spacial score (nSPS) is 10.5. The van der Waals surface area contributed by atoms with Crippen LogP contribution in [0.1, 0.15) is 17.7 Å². The van der Waals surface area contributed by atoms with Gasteiger partial charge >= 0.3 is 0 Å². The van der Waals surface area contributed by atoms with Gasteiger partial charge in [-0.15, -0.1) is 5.10 Å². The van der Waals surface area contributed by atoms with Gasteiger partial charge in [-0.3, -0.25) is 0 Å². The first-order valence-electron chi connectivity index (χ1n) is 5.46. The minimum absolute atomic E-state index is 0.825. The smallest absolute Gasteiger partial charge is 0.0893 e. The first-order valence-corrected chi connectivity index (χ1v) is 6.29. The lowest BCUT2D eigenvalue weighted by atomic mass is 10.1. The van der Waals surface area contributed by atoms with E-state index in [-0.39, 0.29) is 0 Å². The molecule has 0 aliphatic rings. The summed E-state index contributed by atoms with van der Waals surface area (Å²) in [6.45, 7) is 1.84. The van der Waals surface area contributed by atoms with E-state index in [0.29, 0.717) is 0 Å². The maximum Gasteiger partial charge on any atom is 0.0893 e. The summed E-state index contributed by atoms with van der Waals surface area (Å²) in [7, 11) is 0. The van der Waals surface area contributed by atoms with E-state index in [9.17, 15) is 0 Å². The van der Waals surface area contributed by atoms with Crippen LogP contribution in [-0.4, -0.2) is 16.1 Å². The van der Waals surface area contributed by atoms with Crippen LogP contribution >= 0.6 is 11.5 Å². The van der Waals surface area contributed by atoms with Crippen molar-refractivity contribution in [2.24, 2.45) is 0 Å². The second kappa shape index (κ2) is 6.35. The van der Waals surface area contributed by atoms with Crippen molar-refractivity contribution in [2.45, 2.75) is 19.4 Å². The number of rotatable bonds is 6. The Kier molecular flexibility index (Phi) is 4.46. The summed E-state index contributed by atoms with van der Waals surface area (Å²) in [6.07, 6.45) is 2.28. The lowest BCUT2D eigenvalue weighted by Crippen LogP contribution is -2.15. The topological polar surface area (TPSA) is 37.8 Å². The highest BCUT2D eigenvalue weighted by Gasteiger charge is 1.95. The molecule has 0 bridgehead atoms. The minimum atomic E-state index is 0.825. The largest absolute Gasteiger partial charge is 0.311 e. The third-order valence-electron chi connectivity index (χ3n) is 2.37. The number of benzene rings is 1. The first-order chi connectivity index (χ1) is 7.95. The summed E-state index contributed by atoms with van der Waals surface area (Å²) in [5, 5.41) is 9.32. The third kappa shape index (κ3) is 3.72. The Morgan fingerprint density at radius 3 is 2.81 bits per heavy atom. The predicted molar refractivity (Wildman–Crippen MR) is 66.4 cm³/mol. The van der Waals surface area contributed by atoms with Crippen molar-refractivity contribution in [1.82, 2.24) is 14.9 Å². The Hall–Kier alpha value is -1.26. The molecule has 0 spiro atoms. The zero-order chi connectivity index (χ0) is 11.1. The molecule has 0 aliphatic carbocycles. The van der Waals surface area contributed by atoms with Gasteiger partial charge in [0.2, 0.25) is 0 Å². The Balaban J connectivity index is 1.59. The number of nitrogens with one attached hydrogen (secondary N) is 1. The molecule has 1 aromatic carbocycles. The summed E-state index contributed by atoms with van der Waals surface area (Å²) < 4.78 is 3.82. The van der Waals surface area contributed by atoms with Gasteiger partial charge in [-0.1, -0.05) is 34.8 Å². The van der Waals surface area contributed by atoms with Crippen LogP contribution in [-0.2, 0) is 13.0 Å². The van der Waals surface area contributed by atoms with Gasteiger partial charge in [-0.05, 0) is 36.5 Å². The molecule has 2 rings (SSSR count). The standard InChI is InChI=1S/C12H15N3S/c1-2-5-11(6-3-1)7-4-8-13-9-12-10-16-15-14-12/h1-3,5-6,10,13H,4,7-9H2. The number of aryl methyl sites for hydroxylation is 1. The van der Waals surface area contributed by atoms with Gasteiger partial charge in [0.1, 0.15) is 0 Å². The highest BCUT2D eigenvalue weighted by atomic mass is 32.1. The van der Waals surface area contributed by atoms with E-state index in [1.165, 1.54) is 17.1 Å². The van der Waals surface area contributed by atoms with Crippen LogP contribution in [0.25, 0.3) is 0 Å². The quantitative estimate of drug-likeness (QED) is 0.778. The molecule has 2 aromatic rings. The molecule has 1 aromatic heterocycles. The van der Waals surface area contributed by atoms with Crippen LogP contribution in [0.5, 0.6) is 0 Å². The second-order valence-corrected chi connectivity index (χ2v) is 4.27. The molecule has 0 radical (unpaired) electrons. The van der Waals surface area contributed by atoms with Crippen molar-refractivity contribution in [3.8, 4) is 0 Å². The maximum absolute atomic E-state index is 3.98. The predicted octanol–water partition coefficient (Wildman–Crippen LogP) is 2.26. The molecule has 0 atom stereocenters. The average Bonchev–Trinajstić information content (AvgIpc) is 2.83. The van der Waals surface area contributed by atoms with E-state index >= 15 is 0 Å². The Morgan fingerprint density at radius 2 is 2.06 bits per heavy atom. The fourth-order valence-electron chi connectivity index (χ4n) is 1.54. The molecular formula is C12H15N3S. The molecule has 0 saturated heterocycles. The molecule has 1 N–H and O–H groups in total. The van der Waals surface area contributed by atoms with Gasteiger partial charge in [-0.2, -0.15) is 0 Å². The van der Waals surface area contributed by atoms with E-state index in [0.717, 1.165) is 31.6 Å². The summed E-state index contributed by atoms with van der Waals surface area (Å²) in [6, 6.07) is 10.6. The highest BCUT2D eigenvalue weighted by Crippen LogP contribution is 2.01. The van der Waals surface area contributed by atoms with Crippen molar-refractivity contribution < 1.29 is 0 Å². The van der Waals surface area contributed by atoms with Crippen LogP contribution in [0.2, 0.25) is 0 Å². The number of aromatic nitrogens is 2.